The first-order chi connectivity index (χ1) is 12.6. The Morgan fingerprint density at radius 2 is 1.85 bits per heavy atom. The zero-order valence-electron chi connectivity index (χ0n) is 14.8. The van der Waals surface area contributed by atoms with Crippen LogP contribution in [0.2, 0.25) is 0 Å². The molecule has 1 aromatic carbocycles. The topological polar surface area (TPSA) is 72.7 Å². The summed E-state index contributed by atoms with van der Waals surface area (Å²) in [6.45, 7) is 4.53. The average molecular weight is 367 g/mol. The molecular weight excluding hydrogens is 346 g/mol. The molecule has 0 spiro atoms. The molecule has 2 aromatic heterocycles. The Kier molecular flexibility index (Phi) is 6.01. The first kappa shape index (κ1) is 18.1. The molecule has 0 bridgehead atoms. The molecule has 26 heavy (non-hydrogen) atoms. The fraction of sp³-hybridized carbons (Fsp3) is 0.263. The Morgan fingerprint density at radius 1 is 1.12 bits per heavy atom. The Morgan fingerprint density at radius 3 is 2.54 bits per heavy atom. The highest BCUT2D eigenvalue weighted by molar-refractivity contribution is 7.99. The lowest BCUT2D eigenvalue weighted by Crippen LogP contribution is -2.31. The average Bonchev–Trinajstić information content (AvgIpc) is 3.03. The van der Waals surface area contributed by atoms with Crippen LogP contribution in [0, 0.1) is 0 Å². The van der Waals surface area contributed by atoms with Crippen molar-refractivity contribution in [1.29, 1.82) is 0 Å². The summed E-state index contributed by atoms with van der Waals surface area (Å²) in [5, 5.41) is 12.3. The highest BCUT2D eigenvalue weighted by atomic mass is 32.2. The van der Waals surface area contributed by atoms with Crippen molar-refractivity contribution in [2.24, 2.45) is 0 Å². The number of thioether (sulfide) groups is 1. The van der Waals surface area contributed by atoms with Crippen LogP contribution in [-0.2, 0) is 11.3 Å². The molecule has 0 unspecified atom stereocenters. The molecule has 0 fully saturated rings. The van der Waals surface area contributed by atoms with Crippen molar-refractivity contribution in [2.75, 3.05) is 5.75 Å². The summed E-state index contributed by atoms with van der Waals surface area (Å²) in [7, 11) is 0. The van der Waals surface area contributed by atoms with Gasteiger partial charge >= 0.3 is 0 Å². The highest BCUT2D eigenvalue weighted by Gasteiger charge is 2.16. The number of carbonyl (C=O) groups excluding carboxylic acids is 1. The van der Waals surface area contributed by atoms with Crippen LogP contribution in [0.3, 0.4) is 0 Å². The number of aromatic nitrogens is 4. The second-order valence-electron chi connectivity index (χ2n) is 6.12. The summed E-state index contributed by atoms with van der Waals surface area (Å²) in [6.07, 6.45) is 3.47. The molecule has 6 nitrogen and oxygen atoms in total. The molecule has 0 aliphatic carbocycles. The number of nitrogens with zero attached hydrogens (tertiary/aromatic N) is 4. The molecule has 0 saturated carbocycles. The third-order valence-corrected chi connectivity index (χ3v) is 4.59. The summed E-state index contributed by atoms with van der Waals surface area (Å²) in [4.78, 5) is 16.0. The molecule has 1 N–H and O–H groups in total. The minimum Gasteiger partial charge on any atom is -0.353 e. The molecule has 2 heterocycles. The molecular formula is C19H21N5OS. The van der Waals surface area contributed by atoms with Crippen LogP contribution in [0.5, 0.6) is 0 Å². The minimum absolute atomic E-state index is 0.00952. The van der Waals surface area contributed by atoms with Gasteiger partial charge in [0.25, 0.3) is 0 Å². The highest BCUT2D eigenvalue weighted by Crippen LogP contribution is 2.24. The van der Waals surface area contributed by atoms with Gasteiger partial charge in [-0.3, -0.25) is 14.3 Å². The Hall–Kier alpha value is -2.67. The summed E-state index contributed by atoms with van der Waals surface area (Å²) in [5.41, 5.74) is 2.10. The van der Waals surface area contributed by atoms with Gasteiger partial charge in [0.05, 0.1) is 12.3 Å². The molecule has 134 valence electrons. The van der Waals surface area contributed by atoms with E-state index in [1.54, 1.807) is 12.4 Å². The van der Waals surface area contributed by atoms with E-state index in [1.165, 1.54) is 11.8 Å². The molecule has 0 aliphatic heterocycles. The molecule has 0 radical (unpaired) electrons. The van der Waals surface area contributed by atoms with E-state index in [1.807, 2.05) is 48.7 Å². The lowest BCUT2D eigenvalue weighted by molar-refractivity contribution is -0.119. The molecule has 1 amide bonds. The quantitative estimate of drug-likeness (QED) is 0.650. The van der Waals surface area contributed by atoms with Gasteiger partial charge in [-0.15, -0.1) is 10.2 Å². The summed E-state index contributed by atoms with van der Waals surface area (Å²) in [6, 6.07) is 14.1. The summed E-state index contributed by atoms with van der Waals surface area (Å²) >= 11 is 1.39. The zero-order valence-corrected chi connectivity index (χ0v) is 15.6. The second kappa shape index (κ2) is 8.62. The molecule has 3 aromatic rings. The molecule has 0 saturated heterocycles. The second-order valence-corrected chi connectivity index (χ2v) is 7.07. The van der Waals surface area contributed by atoms with E-state index in [0.29, 0.717) is 12.3 Å². The summed E-state index contributed by atoms with van der Waals surface area (Å²) in [5.74, 6) is 1.06. The zero-order chi connectivity index (χ0) is 18.4. The predicted molar refractivity (Wildman–Crippen MR) is 103 cm³/mol. The maximum absolute atomic E-state index is 12.0. The molecule has 0 atom stereocenters. The SMILES string of the molecule is CC(C)NC(=O)CSc1nnc(-c2ccncc2)n1Cc1ccccc1. The van der Waals surface area contributed by atoms with Crippen molar-refractivity contribution in [3.8, 4) is 11.4 Å². The van der Waals surface area contributed by atoms with Crippen molar-refractivity contribution < 1.29 is 4.79 Å². The van der Waals surface area contributed by atoms with E-state index in [-0.39, 0.29) is 11.9 Å². The number of nitrogens with one attached hydrogen (secondary N) is 1. The number of benzene rings is 1. The maximum Gasteiger partial charge on any atom is 0.230 e. The van der Waals surface area contributed by atoms with Crippen molar-refractivity contribution in [2.45, 2.75) is 31.6 Å². The lowest BCUT2D eigenvalue weighted by Gasteiger charge is -2.11. The molecule has 3 rings (SSSR count). The van der Waals surface area contributed by atoms with Crippen LogP contribution in [-0.4, -0.2) is 37.5 Å². The van der Waals surface area contributed by atoms with Gasteiger partial charge in [-0.05, 0) is 31.5 Å². The monoisotopic (exact) mass is 367 g/mol. The van der Waals surface area contributed by atoms with Crippen LogP contribution < -0.4 is 5.32 Å². The van der Waals surface area contributed by atoms with Gasteiger partial charge < -0.3 is 5.32 Å². The number of hydrogen-bond acceptors (Lipinski definition) is 5. The number of carbonyl (C=O) groups is 1. The number of rotatable bonds is 7. The third kappa shape index (κ3) is 4.70. The van der Waals surface area contributed by atoms with E-state index >= 15 is 0 Å². The normalized spacial score (nSPS) is 10.9. The van der Waals surface area contributed by atoms with Crippen LogP contribution >= 0.6 is 11.8 Å². The van der Waals surface area contributed by atoms with E-state index in [2.05, 4.69) is 32.6 Å². The molecule has 0 aliphatic rings. The molecule has 7 heteroatoms. The Bertz CT molecular complexity index is 849. The third-order valence-electron chi connectivity index (χ3n) is 3.62. The maximum atomic E-state index is 12.0. The van der Waals surface area contributed by atoms with Crippen LogP contribution in [0.4, 0.5) is 0 Å². The minimum atomic E-state index is -0.00952. The van der Waals surface area contributed by atoms with Gasteiger partial charge in [-0.1, -0.05) is 42.1 Å². The first-order valence-corrected chi connectivity index (χ1v) is 9.41. The van der Waals surface area contributed by atoms with Crippen molar-refractivity contribution in [1.82, 2.24) is 25.1 Å². The Balaban J connectivity index is 1.86. The summed E-state index contributed by atoms with van der Waals surface area (Å²) < 4.78 is 2.04. The first-order valence-electron chi connectivity index (χ1n) is 8.43. The predicted octanol–water partition coefficient (Wildman–Crippen LogP) is 3.01. The van der Waals surface area contributed by atoms with Gasteiger partial charge in [-0.25, -0.2) is 0 Å². The number of pyridine rings is 1. The fourth-order valence-corrected chi connectivity index (χ4v) is 3.26. The lowest BCUT2D eigenvalue weighted by atomic mass is 10.2. The van der Waals surface area contributed by atoms with E-state index in [9.17, 15) is 4.79 Å². The van der Waals surface area contributed by atoms with Gasteiger partial charge in [0.15, 0.2) is 11.0 Å². The largest absolute Gasteiger partial charge is 0.353 e. The van der Waals surface area contributed by atoms with E-state index in [0.717, 1.165) is 22.1 Å². The van der Waals surface area contributed by atoms with Crippen molar-refractivity contribution in [3.63, 3.8) is 0 Å². The number of hydrogen-bond donors (Lipinski definition) is 1. The van der Waals surface area contributed by atoms with Crippen molar-refractivity contribution in [3.05, 3.63) is 60.4 Å². The van der Waals surface area contributed by atoms with E-state index in [4.69, 9.17) is 0 Å². The smallest absolute Gasteiger partial charge is 0.230 e. The van der Waals surface area contributed by atoms with Gasteiger partial charge in [0.1, 0.15) is 0 Å². The van der Waals surface area contributed by atoms with Crippen LogP contribution in [0.1, 0.15) is 19.4 Å². The number of amides is 1. The fourth-order valence-electron chi connectivity index (χ4n) is 2.51. The van der Waals surface area contributed by atoms with Crippen LogP contribution in [0.25, 0.3) is 11.4 Å². The Labute approximate surface area is 157 Å². The standard InChI is InChI=1S/C19H21N5OS/c1-14(2)21-17(25)13-26-19-23-22-18(16-8-10-20-11-9-16)24(19)12-15-6-4-3-5-7-15/h3-11,14H,12-13H2,1-2H3,(H,21,25). The van der Waals surface area contributed by atoms with Crippen molar-refractivity contribution >= 4 is 17.7 Å². The van der Waals surface area contributed by atoms with Gasteiger partial charge in [0, 0.05) is 24.0 Å². The van der Waals surface area contributed by atoms with Gasteiger partial charge in [0.2, 0.25) is 5.91 Å². The van der Waals surface area contributed by atoms with E-state index < -0.39 is 0 Å². The van der Waals surface area contributed by atoms with Gasteiger partial charge in [-0.2, -0.15) is 0 Å². The van der Waals surface area contributed by atoms with Crippen LogP contribution in [0.15, 0.2) is 60.0 Å².